The first-order valence-corrected chi connectivity index (χ1v) is 8.61. The maximum Gasteiger partial charge on any atom is 0.257 e. The van der Waals surface area contributed by atoms with E-state index in [0.29, 0.717) is 16.3 Å². The SMILES string of the molecule is N#Cc1ccc(C(=O)Nc2nc(CN3CCCCC3)cs2)cc1. The molecule has 1 N–H and O–H groups in total. The van der Waals surface area contributed by atoms with Crippen LogP contribution in [0.4, 0.5) is 5.13 Å². The Morgan fingerprint density at radius 3 is 2.70 bits per heavy atom. The molecule has 0 aliphatic carbocycles. The first kappa shape index (κ1) is 15.7. The van der Waals surface area contributed by atoms with Crippen LogP contribution in [0.2, 0.25) is 0 Å². The number of piperidine rings is 1. The molecule has 1 aromatic carbocycles. The Hall–Kier alpha value is -2.23. The predicted molar refractivity (Wildman–Crippen MR) is 90.4 cm³/mol. The zero-order valence-electron chi connectivity index (χ0n) is 12.8. The van der Waals surface area contributed by atoms with Crippen LogP contribution in [0, 0.1) is 11.3 Å². The molecule has 118 valence electrons. The van der Waals surface area contributed by atoms with E-state index in [1.54, 1.807) is 24.3 Å². The first-order chi connectivity index (χ1) is 11.2. The minimum Gasteiger partial charge on any atom is -0.298 e. The van der Waals surface area contributed by atoms with E-state index >= 15 is 0 Å². The van der Waals surface area contributed by atoms with Gasteiger partial charge in [-0.05, 0) is 50.2 Å². The quantitative estimate of drug-likeness (QED) is 0.936. The molecular weight excluding hydrogens is 308 g/mol. The van der Waals surface area contributed by atoms with Crippen LogP contribution in [-0.2, 0) is 6.54 Å². The summed E-state index contributed by atoms with van der Waals surface area (Å²) in [4.78, 5) is 19.1. The molecule has 1 saturated heterocycles. The van der Waals surface area contributed by atoms with Gasteiger partial charge in [0.15, 0.2) is 5.13 Å². The number of amides is 1. The van der Waals surface area contributed by atoms with E-state index in [1.165, 1.54) is 30.6 Å². The number of carbonyl (C=O) groups is 1. The number of nitriles is 1. The molecule has 0 atom stereocenters. The van der Waals surface area contributed by atoms with E-state index in [2.05, 4.69) is 15.2 Å². The molecule has 23 heavy (non-hydrogen) atoms. The number of rotatable bonds is 4. The van der Waals surface area contributed by atoms with Gasteiger partial charge in [-0.2, -0.15) is 5.26 Å². The fourth-order valence-corrected chi connectivity index (χ4v) is 3.35. The second kappa shape index (κ2) is 7.36. The summed E-state index contributed by atoms with van der Waals surface area (Å²) in [5.41, 5.74) is 2.07. The van der Waals surface area contributed by atoms with Gasteiger partial charge in [-0.25, -0.2) is 4.98 Å². The van der Waals surface area contributed by atoms with Crippen molar-refractivity contribution in [1.82, 2.24) is 9.88 Å². The molecule has 1 amide bonds. The Labute approximate surface area is 139 Å². The normalized spacial score (nSPS) is 15.1. The molecule has 5 nitrogen and oxygen atoms in total. The Morgan fingerprint density at radius 1 is 1.26 bits per heavy atom. The van der Waals surface area contributed by atoms with Crippen LogP contribution in [0.3, 0.4) is 0 Å². The summed E-state index contributed by atoms with van der Waals surface area (Å²) >= 11 is 1.45. The highest BCUT2D eigenvalue weighted by atomic mass is 32.1. The van der Waals surface area contributed by atoms with Gasteiger partial charge in [-0.3, -0.25) is 15.0 Å². The zero-order chi connectivity index (χ0) is 16.1. The van der Waals surface area contributed by atoms with Crippen LogP contribution in [0.1, 0.15) is 40.9 Å². The van der Waals surface area contributed by atoms with Crippen molar-refractivity contribution in [3.8, 4) is 6.07 Å². The third-order valence-corrected chi connectivity index (χ3v) is 4.69. The summed E-state index contributed by atoms with van der Waals surface area (Å²) < 4.78 is 0. The maximum absolute atomic E-state index is 12.2. The predicted octanol–water partition coefficient (Wildman–Crippen LogP) is 3.25. The van der Waals surface area contributed by atoms with Crippen LogP contribution in [0.15, 0.2) is 29.6 Å². The number of benzene rings is 1. The van der Waals surface area contributed by atoms with Gasteiger partial charge in [-0.1, -0.05) is 6.42 Å². The van der Waals surface area contributed by atoms with Gasteiger partial charge < -0.3 is 0 Å². The van der Waals surface area contributed by atoms with Crippen LogP contribution in [0.25, 0.3) is 0 Å². The first-order valence-electron chi connectivity index (χ1n) is 7.73. The van der Waals surface area contributed by atoms with E-state index in [-0.39, 0.29) is 5.91 Å². The van der Waals surface area contributed by atoms with Crippen LogP contribution >= 0.6 is 11.3 Å². The van der Waals surface area contributed by atoms with Crippen molar-refractivity contribution in [2.75, 3.05) is 18.4 Å². The lowest BCUT2D eigenvalue weighted by molar-refractivity contribution is 0.102. The topological polar surface area (TPSA) is 69.0 Å². The maximum atomic E-state index is 12.2. The van der Waals surface area contributed by atoms with Gasteiger partial charge in [-0.15, -0.1) is 11.3 Å². The number of hydrogen-bond donors (Lipinski definition) is 1. The van der Waals surface area contributed by atoms with Crippen LogP contribution < -0.4 is 5.32 Å². The van der Waals surface area contributed by atoms with E-state index in [4.69, 9.17) is 5.26 Å². The van der Waals surface area contributed by atoms with Crippen molar-refractivity contribution in [3.63, 3.8) is 0 Å². The van der Waals surface area contributed by atoms with Crippen molar-refractivity contribution in [1.29, 1.82) is 5.26 Å². The average molecular weight is 326 g/mol. The summed E-state index contributed by atoms with van der Waals surface area (Å²) in [6.07, 6.45) is 3.83. The molecule has 0 radical (unpaired) electrons. The van der Waals surface area contributed by atoms with Crippen molar-refractivity contribution < 1.29 is 4.79 Å². The molecule has 1 aromatic heterocycles. The van der Waals surface area contributed by atoms with Crippen molar-refractivity contribution in [2.45, 2.75) is 25.8 Å². The minimum absolute atomic E-state index is 0.201. The average Bonchev–Trinajstić information content (AvgIpc) is 3.02. The highest BCUT2D eigenvalue weighted by Gasteiger charge is 2.13. The third kappa shape index (κ3) is 4.15. The molecule has 1 aliphatic rings. The zero-order valence-corrected chi connectivity index (χ0v) is 13.6. The number of anilines is 1. The monoisotopic (exact) mass is 326 g/mol. The molecule has 0 bridgehead atoms. The number of thiazole rings is 1. The molecule has 1 fully saturated rings. The third-order valence-electron chi connectivity index (χ3n) is 3.88. The molecule has 3 rings (SSSR count). The highest BCUT2D eigenvalue weighted by molar-refractivity contribution is 7.13. The Morgan fingerprint density at radius 2 is 2.00 bits per heavy atom. The van der Waals surface area contributed by atoms with Crippen molar-refractivity contribution >= 4 is 22.4 Å². The Kier molecular flexibility index (Phi) is 5.01. The van der Waals surface area contributed by atoms with Gasteiger partial charge in [0.05, 0.1) is 17.3 Å². The molecule has 0 spiro atoms. The molecule has 6 heteroatoms. The summed E-state index contributed by atoms with van der Waals surface area (Å²) in [6.45, 7) is 3.11. The number of likely N-dealkylation sites (tertiary alicyclic amines) is 1. The van der Waals surface area contributed by atoms with Crippen LogP contribution in [0.5, 0.6) is 0 Å². The van der Waals surface area contributed by atoms with Gasteiger partial charge >= 0.3 is 0 Å². The van der Waals surface area contributed by atoms with E-state index < -0.39 is 0 Å². The van der Waals surface area contributed by atoms with Gasteiger partial charge in [0, 0.05) is 17.5 Å². The second-order valence-electron chi connectivity index (χ2n) is 5.62. The molecule has 0 unspecified atom stereocenters. The number of nitrogens with zero attached hydrogens (tertiary/aromatic N) is 3. The van der Waals surface area contributed by atoms with Crippen molar-refractivity contribution in [2.24, 2.45) is 0 Å². The summed E-state index contributed by atoms with van der Waals surface area (Å²) in [7, 11) is 0. The smallest absolute Gasteiger partial charge is 0.257 e. The van der Waals surface area contributed by atoms with Gasteiger partial charge in [0.25, 0.3) is 5.91 Å². The van der Waals surface area contributed by atoms with Crippen molar-refractivity contribution in [3.05, 3.63) is 46.5 Å². The standard InChI is InChI=1S/C17H18N4OS/c18-10-13-4-6-14(7-5-13)16(22)20-17-19-15(12-23-17)11-21-8-2-1-3-9-21/h4-7,12H,1-3,8-9,11H2,(H,19,20,22). The molecule has 1 aliphatic heterocycles. The van der Waals surface area contributed by atoms with E-state index in [1.807, 2.05) is 11.4 Å². The van der Waals surface area contributed by atoms with E-state index in [9.17, 15) is 4.79 Å². The number of carbonyl (C=O) groups excluding carboxylic acids is 1. The Balaban J connectivity index is 1.59. The Bertz CT molecular complexity index is 711. The van der Waals surface area contributed by atoms with Crippen LogP contribution in [-0.4, -0.2) is 28.9 Å². The molecule has 2 heterocycles. The fraction of sp³-hybridized carbons (Fsp3) is 0.353. The molecule has 2 aromatic rings. The second-order valence-corrected chi connectivity index (χ2v) is 6.48. The summed E-state index contributed by atoms with van der Waals surface area (Å²) in [5.74, 6) is -0.201. The summed E-state index contributed by atoms with van der Waals surface area (Å²) in [6, 6.07) is 8.61. The molecular formula is C17H18N4OS. The number of aromatic nitrogens is 1. The molecule has 0 saturated carbocycles. The lowest BCUT2D eigenvalue weighted by atomic mass is 10.1. The van der Waals surface area contributed by atoms with E-state index in [0.717, 1.165) is 25.3 Å². The lowest BCUT2D eigenvalue weighted by Crippen LogP contribution is -2.29. The van der Waals surface area contributed by atoms with Gasteiger partial charge in [0.2, 0.25) is 0 Å². The minimum atomic E-state index is -0.201. The fourth-order valence-electron chi connectivity index (χ4n) is 2.65. The number of nitrogens with one attached hydrogen (secondary N) is 1. The van der Waals surface area contributed by atoms with Gasteiger partial charge in [0.1, 0.15) is 0 Å². The lowest BCUT2D eigenvalue weighted by Gasteiger charge is -2.25. The summed E-state index contributed by atoms with van der Waals surface area (Å²) in [5, 5.41) is 14.2. The highest BCUT2D eigenvalue weighted by Crippen LogP contribution is 2.19. The largest absolute Gasteiger partial charge is 0.298 e. The number of hydrogen-bond acceptors (Lipinski definition) is 5.